The number of amides is 1. The van der Waals surface area contributed by atoms with Gasteiger partial charge in [-0.3, -0.25) is 24.9 Å². The molecular weight excluding hydrogens is 452 g/mol. The molecule has 0 aliphatic carbocycles. The molecule has 2 heterocycles. The molecule has 1 aliphatic rings. The number of aromatic amines is 1. The summed E-state index contributed by atoms with van der Waals surface area (Å²) in [6.07, 6.45) is 0. The van der Waals surface area contributed by atoms with Crippen molar-refractivity contribution in [2.45, 2.75) is 6.04 Å². The number of carboxylic acids is 1. The van der Waals surface area contributed by atoms with Gasteiger partial charge in [0.2, 0.25) is 0 Å². The largest absolute Gasteiger partial charge is 0.497 e. The minimum absolute atomic E-state index is 0.0711. The second kappa shape index (κ2) is 8.41. The van der Waals surface area contributed by atoms with Crippen LogP contribution in [0.3, 0.4) is 0 Å². The van der Waals surface area contributed by atoms with E-state index in [0.717, 1.165) is 5.56 Å². The summed E-state index contributed by atoms with van der Waals surface area (Å²) in [6, 6.07) is 18.5. The summed E-state index contributed by atoms with van der Waals surface area (Å²) >= 11 is 0. The quantitative estimate of drug-likeness (QED) is 0.314. The Hall–Kier alpha value is -4.99. The van der Waals surface area contributed by atoms with Crippen LogP contribution in [0.25, 0.3) is 11.3 Å². The van der Waals surface area contributed by atoms with E-state index < -0.39 is 16.9 Å². The van der Waals surface area contributed by atoms with Crippen LogP contribution in [-0.2, 0) is 0 Å². The first-order valence-corrected chi connectivity index (χ1v) is 10.5. The highest BCUT2D eigenvalue weighted by Crippen LogP contribution is 2.45. The lowest BCUT2D eigenvalue weighted by atomic mass is 9.95. The monoisotopic (exact) mass is 470 g/mol. The third-order valence-electron chi connectivity index (χ3n) is 5.94. The lowest BCUT2D eigenvalue weighted by molar-refractivity contribution is -0.384. The van der Waals surface area contributed by atoms with Crippen LogP contribution in [0.1, 0.15) is 38.0 Å². The molecule has 0 bridgehead atoms. The van der Waals surface area contributed by atoms with Crippen LogP contribution in [0.4, 0.5) is 11.4 Å². The molecule has 5 rings (SSSR count). The molecule has 10 heteroatoms. The van der Waals surface area contributed by atoms with Gasteiger partial charge in [0, 0.05) is 28.9 Å². The summed E-state index contributed by atoms with van der Waals surface area (Å²) in [6.45, 7) is 0. The van der Waals surface area contributed by atoms with Crippen molar-refractivity contribution in [3.8, 4) is 17.0 Å². The highest BCUT2D eigenvalue weighted by atomic mass is 16.6. The fraction of sp³-hybridized carbons (Fsp3) is 0.0800. The number of nitro groups is 1. The zero-order valence-corrected chi connectivity index (χ0v) is 18.3. The van der Waals surface area contributed by atoms with E-state index in [1.807, 2.05) is 12.1 Å². The first-order chi connectivity index (χ1) is 16.9. The summed E-state index contributed by atoms with van der Waals surface area (Å²) in [4.78, 5) is 37.0. The number of carboxylic acid groups (broad SMARTS) is 1. The molecule has 174 valence electrons. The Morgan fingerprint density at radius 2 is 1.71 bits per heavy atom. The molecular formula is C25H18N4O6. The fourth-order valence-electron chi connectivity index (χ4n) is 4.24. The zero-order chi connectivity index (χ0) is 24.7. The van der Waals surface area contributed by atoms with Crippen LogP contribution in [0.5, 0.6) is 5.75 Å². The van der Waals surface area contributed by atoms with E-state index in [4.69, 9.17) is 4.74 Å². The van der Waals surface area contributed by atoms with E-state index >= 15 is 0 Å². The summed E-state index contributed by atoms with van der Waals surface area (Å²) < 4.78 is 5.23. The normalized spacial score (nSPS) is 14.6. The molecule has 4 aromatic rings. The van der Waals surface area contributed by atoms with E-state index in [-0.39, 0.29) is 17.2 Å². The highest BCUT2D eigenvalue weighted by Gasteiger charge is 2.43. The number of nitrogens with one attached hydrogen (secondary N) is 1. The maximum atomic E-state index is 13.5. The predicted octanol–water partition coefficient (Wildman–Crippen LogP) is 4.44. The molecule has 1 amide bonds. The number of nitro benzene ring substituents is 1. The van der Waals surface area contributed by atoms with Crippen molar-refractivity contribution in [2.75, 3.05) is 12.0 Å². The van der Waals surface area contributed by atoms with Crippen molar-refractivity contribution in [2.24, 2.45) is 0 Å². The number of ether oxygens (including phenoxy) is 1. The Kier molecular flexibility index (Phi) is 5.25. The molecule has 1 unspecified atom stereocenters. The number of aromatic carboxylic acids is 1. The van der Waals surface area contributed by atoms with Crippen molar-refractivity contribution in [3.05, 3.63) is 105 Å². The first-order valence-electron chi connectivity index (χ1n) is 10.5. The smallest absolute Gasteiger partial charge is 0.335 e. The number of carbonyl (C=O) groups is 2. The Labute approximate surface area is 198 Å². The molecule has 35 heavy (non-hydrogen) atoms. The van der Waals surface area contributed by atoms with Gasteiger partial charge in [0.25, 0.3) is 11.6 Å². The molecule has 3 aromatic carbocycles. The van der Waals surface area contributed by atoms with Gasteiger partial charge in [0.15, 0.2) is 0 Å². The van der Waals surface area contributed by atoms with Gasteiger partial charge in [0.1, 0.15) is 11.4 Å². The number of H-pyrrole nitrogens is 1. The molecule has 10 nitrogen and oxygen atoms in total. The standard InChI is InChI=1S/C25H18N4O6/c1-35-19-12-6-14(7-13-19)21-20-22(27-26-21)24(30)28(17-8-4-16(5-9-17)25(31)32)23(20)15-2-10-18(11-3-15)29(33)34/h2-13,23H,1H3,(H,26,27)(H,31,32). The molecule has 1 aromatic heterocycles. The SMILES string of the molecule is COc1ccc(-c2n[nH]c3c2C(c2ccc([N+](=O)[O-])cc2)N(c2ccc(C(=O)O)cc2)C3=O)cc1. The van der Waals surface area contributed by atoms with Crippen molar-refractivity contribution in [1.29, 1.82) is 0 Å². The number of carbonyl (C=O) groups excluding carboxylic acids is 1. The van der Waals surface area contributed by atoms with Crippen LogP contribution in [-0.4, -0.2) is 39.2 Å². The summed E-state index contributed by atoms with van der Waals surface area (Å²) in [7, 11) is 1.57. The number of aromatic nitrogens is 2. The van der Waals surface area contributed by atoms with Crippen LogP contribution in [0.15, 0.2) is 72.8 Å². The Balaban J connectivity index is 1.66. The number of methoxy groups -OCH3 is 1. The Bertz CT molecular complexity index is 1440. The fourth-order valence-corrected chi connectivity index (χ4v) is 4.24. The van der Waals surface area contributed by atoms with Crippen LogP contribution in [0, 0.1) is 10.1 Å². The number of hydrogen-bond acceptors (Lipinski definition) is 6. The lowest BCUT2D eigenvalue weighted by Gasteiger charge is -2.26. The number of non-ortho nitro benzene ring substituents is 1. The van der Waals surface area contributed by atoms with Gasteiger partial charge in [-0.25, -0.2) is 4.79 Å². The number of nitrogens with zero attached hydrogens (tertiary/aromatic N) is 3. The van der Waals surface area contributed by atoms with Gasteiger partial charge in [-0.05, 0) is 66.2 Å². The number of rotatable bonds is 6. The predicted molar refractivity (Wildman–Crippen MR) is 126 cm³/mol. The summed E-state index contributed by atoms with van der Waals surface area (Å²) in [5, 5.41) is 27.7. The highest BCUT2D eigenvalue weighted by molar-refractivity contribution is 6.12. The number of anilines is 1. The maximum absolute atomic E-state index is 13.5. The van der Waals surface area contributed by atoms with E-state index in [0.29, 0.717) is 34.0 Å². The van der Waals surface area contributed by atoms with E-state index in [1.165, 1.54) is 29.2 Å². The van der Waals surface area contributed by atoms with E-state index in [2.05, 4.69) is 10.2 Å². The molecule has 2 N–H and O–H groups in total. The van der Waals surface area contributed by atoms with Crippen molar-refractivity contribution >= 4 is 23.3 Å². The van der Waals surface area contributed by atoms with Gasteiger partial charge in [-0.2, -0.15) is 5.10 Å². The van der Waals surface area contributed by atoms with Crippen molar-refractivity contribution in [1.82, 2.24) is 10.2 Å². The Morgan fingerprint density at radius 1 is 1.06 bits per heavy atom. The van der Waals surface area contributed by atoms with Crippen molar-refractivity contribution < 1.29 is 24.4 Å². The first kappa shape index (κ1) is 21.8. The minimum atomic E-state index is -1.08. The number of benzene rings is 3. The van der Waals surface area contributed by atoms with Crippen LogP contribution < -0.4 is 9.64 Å². The third-order valence-corrected chi connectivity index (χ3v) is 5.94. The number of hydrogen-bond donors (Lipinski definition) is 2. The zero-order valence-electron chi connectivity index (χ0n) is 18.3. The number of fused-ring (bicyclic) bond motifs is 1. The topological polar surface area (TPSA) is 139 Å². The maximum Gasteiger partial charge on any atom is 0.335 e. The second-order valence-electron chi connectivity index (χ2n) is 7.87. The van der Waals surface area contributed by atoms with E-state index in [1.54, 1.807) is 43.5 Å². The van der Waals surface area contributed by atoms with Gasteiger partial charge in [-0.1, -0.05) is 0 Å². The van der Waals surface area contributed by atoms with Gasteiger partial charge >= 0.3 is 5.97 Å². The molecule has 1 aliphatic heterocycles. The molecule has 0 saturated carbocycles. The minimum Gasteiger partial charge on any atom is -0.497 e. The lowest BCUT2D eigenvalue weighted by Crippen LogP contribution is -2.29. The van der Waals surface area contributed by atoms with Crippen molar-refractivity contribution in [3.63, 3.8) is 0 Å². The van der Waals surface area contributed by atoms with Gasteiger partial charge < -0.3 is 9.84 Å². The third kappa shape index (κ3) is 3.66. The second-order valence-corrected chi connectivity index (χ2v) is 7.87. The van der Waals surface area contributed by atoms with Gasteiger partial charge in [-0.15, -0.1) is 0 Å². The van der Waals surface area contributed by atoms with Crippen LogP contribution >= 0.6 is 0 Å². The van der Waals surface area contributed by atoms with E-state index in [9.17, 15) is 24.8 Å². The molecule has 0 radical (unpaired) electrons. The Morgan fingerprint density at radius 3 is 2.29 bits per heavy atom. The summed E-state index contributed by atoms with van der Waals surface area (Å²) in [5.41, 5.74) is 3.37. The van der Waals surface area contributed by atoms with Crippen LogP contribution in [0.2, 0.25) is 0 Å². The average molecular weight is 470 g/mol. The molecule has 0 saturated heterocycles. The molecule has 0 fully saturated rings. The molecule has 0 spiro atoms. The molecule has 1 atom stereocenters. The average Bonchev–Trinajstić information content (AvgIpc) is 3.43. The van der Waals surface area contributed by atoms with Gasteiger partial charge in [0.05, 0.1) is 29.3 Å². The summed E-state index contributed by atoms with van der Waals surface area (Å²) in [5.74, 6) is -0.754.